The van der Waals surface area contributed by atoms with E-state index in [4.69, 9.17) is 10.8 Å². The average Bonchev–Trinajstić information content (AvgIpc) is 1.81. The topological polar surface area (TPSA) is 63.3 Å². The summed E-state index contributed by atoms with van der Waals surface area (Å²) in [5.74, 6) is -0.991. The Hall–Kier alpha value is -1.09. The van der Waals surface area contributed by atoms with Crippen molar-refractivity contribution in [1.29, 1.82) is 0 Å². The zero-order valence-corrected chi connectivity index (χ0v) is 5.87. The quantitative estimate of drug-likeness (QED) is 0.445. The molecule has 0 aromatic heterocycles. The van der Waals surface area contributed by atoms with Crippen LogP contribution in [0.4, 0.5) is 0 Å². The minimum Gasteiger partial charge on any atom is -0.478 e. The van der Waals surface area contributed by atoms with Crippen molar-refractivity contribution in [3.63, 3.8) is 0 Å². The van der Waals surface area contributed by atoms with E-state index in [0.29, 0.717) is 0 Å². The van der Waals surface area contributed by atoms with Crippen molar-refractivity contribution in [1.82, 2.24) is 0 Å². The van der Waals surface area contributed by atoms with Crippen LogP contribution in [0.1, 0.15) is 6.92 Å². The Morgan fingerprint density at radius 2 is 2.30 bits per heavy atom. The van der Waals surface area contributed by atoms with Crippen LogP contribution in [0.15, 0.2) is 24.3 Å². The Balaban J connectivity index is 4.41. The average molecular weight is 141 g/mol. The molecule has 0 aliphatic heterocycles. The molecule has 0 unspecified atom stereocenters. The highest BCUT2D eigenvalue weighted by Crippen LogP contribution is 1.98. The highest BCUT2D eigenvalue weighted by atomic mass is 16.4. The molecule has 10 heavy (non-hydrogen) atoms. The number of hydrogen-bond acceptors (Lipinski definition) is 2. The first kappa shape index (κ1) is 8.91. The van der Waals surface area contributed by atoms with Gasteiger partial charge in [-0.15, -0.1) is 0 Å². The number of nitrogens with two attached hydrogens (primary N) is 1. The molecule has 0 aromatic carbocycles. The van der Waals surface area contributed by atoms with E-state index in [2.05, 4.69) is 6.58 Å². The van der Waals surface area contributed by atoms with Gasteiger partial charge in [0.05, 0.1) is 5.57 Å². The summed E-state index contributed by atoms with van der Waals surface area (Å²) in [5.41, 5.74) is 5.50. The van der Waals surface area contributed by atoms with Gasteiger partial charge in [0.25, 0.3) is 0 Å². The van der Waals surface area contributed by atoms with Crippen molar-refractivity contribution in [3.05, 3.63) is 24.3 Å². The highest BCUT2D eigenvalue weighted by molar-refractivity contribution is 5.88. The lowest BCUT2D eigenvalue weighted by Crippen LogP contribution is -2.23. The number of hydrogen-bond donors (Lipinski definition) is 2. The van der Waals surface area contributed by atoms with E-state index in [1.165, 1.54) is 12.2 Å². The Labute approximate surface area is 59.8 Å². The standard InChI is InChI=1S/C7H11NO2/c1-3-4-6(5(2)8)7(9)10/h3-5H,1,8H2,2H3,(H,9,10)/b6-4-/t5-/m0/s1. The van der Waals surface area contributed by atoms with Gasteiger partial charge in [0, 0.05) is 6.04 Å². The first-order chi connectivity index (χ1) is 4.59. The van der Waals surface area contributed by atoms with Crippen molar-refractivity contribution in [3.8, 4) is 0 Å². The maximum Gasteiger partial charge on any atom is 0.333 e. The van der Waals surface area contributed by atoms with Crippen molar-refractivity contribution in [2.24, 2.45) is 5.73 Å². The van der Waals surface area contributed by atoms with Gasteiger partial charge in [-0.2, -0.15) is 0 Å². The summed E-state index contributed by atoms with van der Waals surface area (Å²) in [6.45, 7) is 4.98. The predicted octanol–water partition coefficient (Wildman–Crippen LogP) is 0.531. The summed E-state index contributed by atoms with van der Waals surface area (Å²) in [6.07, 6.45) is 2.81. The van der Waals surface area contributed by atoms with Crippen molar-refractivity contribution >= 4 is 5.97 Å². The Bertz CT molecular complexity index is 170. The second kappa shape index (κ2) is 3.85. The lowest BCUT2D eigenvalue weighted by Gasteiger charge is -2.03. The van der Waals surface area contributed by atoms with Gasteiger partial charge in [0.15, 0.2) is 0 Å². The fourth-order valence-electron chi connectivity index (χ4n) is 0.545. The summed E-state index contributed by atoms with van der Waals surface area (Å²) < 4.78 is 0. The maximum absolute atomic E-state index is 10.3. The molecular weight excluding hydrogens is 130 g/mol. The molecule has 0 saturated carbocycles. The third kappa shape index (κ3) is 2.46. The Morgan fingerprint density at radius 3 is 2.40 bits per heavy atom. The van der Waals surface area contributed by atoms with E-state index in [1.807, 2.05) is 0 Å². The number of carbonyl (C=O) groups is 1. The van der Waals surface area contributed by atoms with Crippen molar-refractivity contribution in [2.75, 3.05) is 0 Å². The molecule has 0 saturated heterocycles. The van der Waals surface area contributed by atoms with Crippen LogP contribution in [0.25, 0.3) is 0 Å². The minimum absolute atomic E-state index is 0.176. The fraction of sp³-hybridized carbons (Fsp3) is 0.286. The fourth-order valence-corrected chi connectivity index (χ4v) is 0.545. The van der Waals surface area contributed by atoms with Gasteiger partial charge in [0.2, 0.25) is 0 Å². The summed E-state index contributed by atoms with van der Waals surface area (Å²) in [5, 5.41) is 8.48. The van der Waals surface area contributed by atoms with Gasteiger partial charge in [-0.1, -0.05) is 18.7 Å². The third-order valence-electron chi connectivity index (χ3n) is 1.03. The van der Waals surface area contributed by atoms with Crippen LogP contribution in [0.3, 0.4) is 0 Å². The van der Waals surface area contributed by atoms with Crippen molar-refractivity contribution < 1.29 is 9.90 Å². The Kier molecular flexibility index (Phi) is 3.43. The first-order valence-electron chi connectivity index (χ1n) is 2.91. The number of carboxylic acids is 1. The molecule has 0 bridgehead atoms. The molecule has 0 aliphatic carbocycles. The number of allylic oxidation sites excluding steroid dienone is 2. The van der Waals surface area contributed by atoms with E-state index in [0.717, 1.165) is 0 Å². The molecule has 0 aliphatic rings. The first-order valence-corrected chi connectivity index (χ1v) is 2.91. The highest BCUT2D eigenvalue weighted by Gasteiger charge is 2.09. The largest absolute Gasteiger partial charge is 0.478 e. The predicted molar refractivity (Wildman–Crippen MR) is 39.6 cm³/mol. The van der Waals surface area contributed by atoms with Gasteiger partial charge in [-0.05, 0) is 6.92 Å². The number of aliphatic carboxylic acids is 1. The minimum atomic E-state index is -0.991. The lowest BCUT2D eigenvalue weighted by molar-refractivity contribution is -0.132. The van der Waals surface area contributed by atoms with Gasteiger partial charge < -0.3 is 10.8 Å². The second-order valence-corrected chi connectivity index (χ2v) is 1.95. The lowest BCUT2D eigenvalue weighted by atomic mass is 10.1. The van der Waals surface area contributed by atoms with E-state index >= 15 is 0 Å². The van der Waals surface area contributed by atoms with E-state index in [-0.39, 0.29) is 5.57 Å². The van der Waals surface area contributed by atoms with Gasteiger partial charge in [-0.3, -0.25) is 0 Å². The third-order valence-corrected chi connectivity index (χ3v) is 1.03. The summed E-state index contributed by atoms with van der Waals surface area (Å²) in [6, 6.07) is -0.449. The molecule has 3 nitrogen and oxygen atoms in total. The molecule has 0 rings (SSSR count). The van der Waals surface area contributed by atoms with E-state index < -0.39 is 12.0 Å². The van der Waals surface area contributed by atoms with Gasteiger partial charge in [-0.25, -0.2) is 4.79 Å². The molecular formula is C7H11NO2. The van der Waals surface area contributed by atoms with Crippen LogP contribution < -0.4 is 5.73 Å². The van der Waals surface area contributed by atoms with Crippen LogP contribution in [0, 0.1) is 0 Å². The number of rotatable bonds is 3. The normalized spacial score (nSPS) is 14.4. The summed E-state index contributed by atoms with van der Waals surface area (Å²) >= 11 is 0. The SMILES string of the molecule is C=C/C=C(\C(=O)O)[C@H](C)N. The van der Waals surface area contributed by atoms with E-state index in [9.17, 15) is 4.79 Å². The van der Waals surface area contributed by atoms with Crippen LogP contribution in [-0.4, -0.2) is 17.1 Å². The Morgan fingerprint density at radius 1 is 1.80 bits per heavy atom. The van der Waals surface area contributed by atoms with Gasteiger partial charge >= 0.3 is 5.97 Å². The molecule has 1 atom stereocenters. The monoisotopic (exact) mass is 141 g/mol. The van der Waals surface area contributed by atoms with E-state index in [1.54, 1.807) is 6.92 Å². The molecule has 3 heteroatoms. The molecule has 0 fully saturated rings. The van der Waals surface area contributed by atoms with Crippen LogP contribution in [-0.2, 0) is 4.79 Å². The van der Waals surface area contributed by atoms with Crippen LogP contribution >= 0.6 is 0 Å². The molecule has 0 aromatic rings. The molecule has 56 valence electrons. The number of carboxylic acid groups (broad SMARTS) is 1. The zero-order valence-electron chi connectivity index (χ0n) is 5.87. The maximum atomic E-state index is 10.3. The van der Waals surface area contributed by atoms with Crippen LogP contribution in [0.2, 0.25) is 0 Å². The molecule has 0 amide bonds. The second-order valence-electron chi connectivity index (χ2n) is 1.95. The van der Waals surface area contributed by atoms with Crippen LogP contribution in [0.5, 0.6) is 0 Å². The van der Waals surface area contributed by atoms with Gasteiger partial charge in [0.1, 0.15) is 0 Å². The smallest absolute Gasteiger partial charge is 0.333 e. The molecule has 0 radical (unpaired) electrons. The molecule has 3 N–H and O–H groups in total. The zero-order chi connectivity index (χ0) is 8.15. The summed E-state index contributed by atoms with van der Waals surface area (Å²) in [7, 11) is 0. The molecule has 0 heterocycles. The molecule has 0 spiro atoms. The van der Waals surface area contributed by atoms with Crippen molar-refractivity contribution in [2.45, 2.75) is 13.0 Å². The summed E-state index contributed by atoms with van der Waals surface area (Å²) in [4.78, 5) is 10.3.